The van der Waals surface area contributed by atoms with Gasteiger partial charge in [-0.15, -0.1) is 0 Å². The molecular formula is C15H25N3O2. The third-order valence-electron chi connectivity index (χ3n) is 4.94. The first-order chi connectivity index (χ1) is 9.60. The predicted octanol–water partition coefficient (Wildman–Crippen LogP) is 2.47. The summed E-state index contributed by atoms with van der Waals surface area (Å²) in [5, 5.41) is 0. The minimum absolute atomic E-state index is 0.00808. The SMILES string of the molecule is CCOC1CC(N(C)C(=O)c2cnc[nH]2)C1(CC)CC. The number of imidazole rings is 1. The molecule has 1 heterocycles. The van der Waals surface area contributed by atoms with Gasteiger partial charge < -0.3 is 14.6 Å². The molecule has 1 amide bonds. The lowest BCUT2D eigenvalue weighted by Gasteiger charge is -2.58. The zero-order valence-corrected chi connectivity index (χ0v) is 12.8. The molecule has 0 spiro atoms. The molecule has 2 atom stereocenters. The van der Waals surface area contributed by atoms with Crippen molar-refractivity contribution in [3.05, 3.63) is 18.2 Å². The summed E-state index contributed by atoms with van der Waals surface area (Å²) >= 11 is 0. The Morgan fingerprint density at radius 3 is 2.70 bits per heavy atom. The van der Waals surface area contributed by atoms with Crippen molar-refractivity contribution in [2.45, 2.75) is 52.2 Å². The lowest BCUT2D eigenvalue weighted by molar-refractivity contribution is -0.159. The molecule has 0 saturated heterocycles. The van der Waals surface area contributed by atoms with Crippen LogP contribution in [0.4, 0.5) is 0 Å². The Balaban J connectivity index is 2.14. The fourth-order valence-electron chi connectivity index (χ4n) is 3.59. The van der Waals surface area contributed by atoms with Gasteiger partial charge in [0.15, 0.2) is 0 Å². The summed E-state index contributed by atoms with van der Waals surface area (Å²) < 4.78 is 5.87. The number of H-pyrrole nitrogens is 1. The van der Waals surface area contributed by atoms with E-state index in [1.165, 1.54) is 6.33 Å². The summed E-state index contributed by atoms with van der Waals surface area (Å²) in [7, 11) is 1.88. The lowest BCUT2D eigenvalue weighted by atomic mass is 9.58. The third-order valence-corrected chi connectivity index (χ3v) is 4.94. The Hall–Kier alpha value is -1.36. The Bertz CT molecular complexity index is 440. The summed E-state index contributed by atoms with van der Waals surface area (Å²) in [6.07, 6.45) is 6.36. The summed E-state index contributed by atoms with van der Waals surface area (Å²) in [4.78, 5) is 21.1. The average molecular weight is 279 g/mol. The Morgan fingerprint density at radius 1 is 1.50 bits per heavy atom. The highest BCUT2D eigenvalue weighted by molar-refractivity contribution is 5.92. The van der Waals surface area contributed by atoms with E-state index in [0.29, 0.717) is 5.69 Å². The van der Waals surface area contributed by atoms with E-state index in [4.69, 9.17) is 4.74 Å². The molecule has 0 aliphatic heterocycles. The van der Waals surface area contributed by atoms with Gasteiger partial charge in [0.1, 0.15) is 5.69 Å². The van der Waals surface area contributed by atoms with Crippen molar-refractivity contribution in [3.63, 3.8) is 0 Å². The van der Waals surface area contributed by atoms with Crippen molar-refractivity contribution in [2.75, 3.05) is 13.7 Å². The first-order valence-corrected chi connectivity index (χ1v) is 7.47. The smallest absolute Gasteiger partial charge is 0.271 e. The Kier molecular flexibility index (Phi) is 4.48. The van der Waals surface area contributed by atoms with Crippen LogP contribution >= 0.6 is 0 Å². The average Bonchev–Trinajstić information content (AvgIpc) is 2.97. The van der Waals surface area contributed by atoms with Crippen LogP contribution < -0.4 is 0 Å². The van der Waals surface area contributed by atoms with Gasteiger partial charge in [0.25, 0.3) is 5.91 Å². The van der Waals surface area contributed by atoms with Crippen molar-refractivity contribution < 1.29 is 9.53 Å². The van der Waals surface area contributed by atoms with Crippen LogP contribution in [0.1, 0.15) is 50.5 Å². The molecule has 0 bridgehead atoms. The quantitative estimate of drug-likeness (QED) is 0.870. The molecule has 5 nitrogen and oxygen atoms in total. The van der Waals surface area contributed by atoms with Crippen molar-refractivity contribution in [2.24, 2.45) is 5.41 Å². The summed E-state index contributed by atoms with van der Waals surface area (Å²) in [6, 6.07) is 0.241. The molecule has 1 aromatic heterocycles. The van der Waals surface area contributed by atoms with E-state index < -0.39 is 0 Å². The fourth-order valence-corrected chi connectivity index (χ4v) is 3.59. The summed E-state index contributed by atoms with van der Waals surface area (Å²) in [5.74, 6) is 0.00808. The van der Waals surface area contributed by atoms with E-state index in [2.05, 4.69) is 23.8 Å². The fraction of sp³-hybridized carbons (Fsp3) is 0.733. The van der Waals surface area contributed by atoms with E-state index in [1.807, 2.05) is 18.9 Å². The molecule has 2 rings (SSSR count). The standard InChI is InChI=1S/C15H25N3O2/c1-5-15(6-2)12(8-13(15)20-7-3)18(4)14(19)11-9-16-10-17-11/h9-10,12-13H,5-8H2,1-4H3,(H,16,17). The van der Waals surface area contributed by atoms with Gasteiger partial charge >= 0.3 is 0 Å². The molecule has 2 unspecified atom stereocenters. The molecule has 1 N–H and O–H groups in total. The first-order valence-electron chi connectivity index (χ1n) is 7.47. The maximum atomic E-state index is 12.4. The zero-order chi connectivity index (χ0) is 14.8. The zero-order valence-electron chi connectivity index (χ0n) is 12.8. The van der Waals surface area contributed by atoms with Gasteiger partial charge in [-0.25, -0.2) is 4.98 Å². The topological polar surface area (TPSA) is 58.2 Å². The molecule has 1 aliphatic carbocycles. The van der Waals surface area contributed by atoms with E-state index >= 15 is 0 Å². The largest absolute Gasteiger partial charge is 0.378 e. The highest BCUT2D eigenvalue weighted by Crippen LogP contribution is 2.51. The number of ether oxygens (including phenoxy) is 1. The number of amides is 1. The molecular weight excluding hydrogens is 254 g/mol. The second kappa shape index (κ2) is 5.95. The highest BCUT2D eigenvalue weighted by atomic mass is 16.5. The van der Waals surface area contributed by atoms with Gasteiger partial charge in [-0.05, 0) is 26.2 Å². The molecule has 20 heavy (non-hydrogen) atoms. The van der Waals surface area contributed by atoms with E-state index in [-0.39, 0.29) is 23.5 Å². The molecule has 1 saturated carbocycles. The number of aromatic amines is 1. The van der Waals surface area contributed by atoms with Crippen LogP contribution in [0.3, 0.4) is 0 Å². The van der Waals surface area contributed by atoms with Crippen molar-refractivity contribution >= 4 is 5.91 Å². The van der Waals surface area contributed by atoms with Crippen molar-refractivity contribution in [3.8, 4) is 0 Å². The van der Waals surface area contributed by atoms with Crippen molar-refractivity contribution in [1.82, 2.24) is 14.9 Å². The van der Waals surface area contributed by atoms with Crippen LogP contribution in [0.5, 0.6) is 0 Å². The van der Waals surface area contributed by atoms with Gasteiger partial charge in [-0.2, -0.15) is 0 Å². The normalized spacial score (nSPS) is 24.2. The van der Waals surface area contributed by atoms with Crippen LogP contribution in [-0.2, 0) is 4.74 Å². The number of nitrogens with zero attached hydrogens (tertiary/aromatic N) is 2. The van der Waals surface area contributed by atoms with Crippen LogP contribution in [0.2, 0.25) is 0 Å². The summed E-state index contributed by atoms with van der Waals surface area (Å²) in [6.45, 7) is 7.15. The number of aromatic nitrogens is 2. The number of hydrogen-bond acceptors (Lipinski definition) is 3. The molecule has 1 aromatic rings. The minimum Gasteiger partial charge on any atom is -0.378 e. The number of rotatable bonds is 6. The van der Waals surface area contributed by atoms with E-state index in [1.54, 1.807) is 6.20 Å². The van der Waals surface area contributed by atoms with Crippen LogP contribution in [0.15, 0.2) is 12.5 Å². The van der Waals surface area contributed by atoms with Gasteiger partial charge in [-0.3, -0.25) is 4.79 Å². The molecule has 0 radical (unpaired) electrons. The molecule has 112 valence electrons. The van der Waals surface area contributed by atoms with Crippen LogP contribution in [0, 0.1) is 5.41 Å². The maximum Gasteiger partial charge on any atom is 0.271 e. The Labute approximate surface area is 120 Å². The molecule has 1 aliphatic rings. The Morgan fingerprint density at radius 2 is 2.20 bits per heavy atom. The molecule has 0 aromatic carbocycles. The second-order valence-electron chi connectivity index (χ2n) is 5.52. The monoisotopic (exact) mass is 279 g/mol. The van der Waals surface area contributed by atoms with Gasteiger partial charge in [-0.1, -0.05) is 13.8 Å². The first kappa shape index (κ1) is 15.0. The van der Waals surface area contributed by atoms with Crippen LogP contribution in [-0.4, -0.2) is 46.6 Å². The number of carbonyl (C=O) groups excluding carboxylic acids is 1. The number of hydrogen-bond donors (Lipinski definition) is 1. The molecule has 5 heteroatoms. The van der Waals surface area contributed by atoms with Gasteiger partial charge in [0, 0.05) is 25.1 Å². The second-order valence-corrected chi connectivity index (χ2v) is 5.52. The van der Waals surface area contributed by atoms with Crippen LogP contribution in [0.25, 0.3) is 0 Å². The van der Waals surface area contributed by atoms with Gasteiger partial charge in [0.05, 0.1) is 18.6 Å². The summed E-state index contributed by atoms with van der Waals surface area (Å²) in [5.41, 5.74) is 0.633. The highest BCUT2D eigenvalue weighted by Gasteiger charge is 2.55. The number of carbonyl (C=O) groups is 1. The third kappa shape index (κ3) is 2.24. The maximum absolute atomic E-state index is 12.4. The van der Waals surface area contributed by atoms with E-state index in [9.17, 15) is 4.79 Å². The van der Waals surface area contributed by atoms with E-state index in [0.717, 1.165) is 25.9 Å². The van der Waals surface area contributed by atoms with Crippen molar-refractivity contribution in [1.29, 1.82) is 0 Å². The predicted molar refractivity (Wildman–Crippen MR) is 77.5 cm³/mol. The number of nitrogens with one attached hydrogen (secondary N) is 1. The lowest BCUT2D eigenvalue weighted by Crippen LogP contribution is -2.64. The minimum atomic E-state index is 0.00808. The van der Waals surface area contributed by atoms with Gasteiger partial charge in [0.2, 0.25) is 0 Å². The molecule has 1 fully saturated rings.